The van der Waals surface area contributed by atoms with Crippen molar-refractivity contribution < 1.29 is 14.3 Å². The smallest absolute Gasteiger partial charge is 0.191 e. The van der Waals surface area contributed by atoms with Crippen molar-refractivity contribution in [1.29, 1.82) is 5.26 Å². The van der Waals surface area contributed by atoms with Crippen molar-refractivity contribution in [3.63, 3.8) is 0 Å². The van der Waals surface area contributed by atoms with E-state index in [0.29, 0.717) is 11.4 Å². The van der Waals surface area contributed by atoms with E-state index in [9.17, 15) is 14.9 Å². The highest BCUT2D eigenvalue weighted by Gasteiger charge is 2.32. The van der Waals surface area contributed by atoms with E-state index in [1.807, 2.05) is 37.3 Å². The summed E-state index contributed by atoms with van der Waals surface area (Å²) in [6, 6.07) is 16.0. The Hall–Kier alpha value is -3.72. The predicted molar refractivity (Wildman–Crippen MR) is 104 cm³/mol. The maximum atomic E-state index is 13.0. The van der Waals surface area contributed by atoms with E-state index in [4.69, 9.17) is 4.74 Å². The monoisotopic (exact) mass is 373 g/mol. The van der Waals surface area contributed by atoms with Crippen LogP contribution in [0.15, 0.2) is 54.7 Å². The number of hydrogen-bond acceptors (Lipinski definition) is 5. The molecule has 0 unspecified atom stereocenters. The zero-order chi connectivity index (χ0) is 20.3. The van der Waals surface area contributed by atoms with E-state index in [1.54, 1.807) is 35.9 Å². The van der Waals surface area contributed by atoms with Gasteiger partial charge in [0, 0.05) is 0 Å². The Morgan fingerprint density at radius 1 is 1.04 bits per heavy atom. The molecular weight excluding hydrogens is 354 g/mol. The number of methoxy groups -OCH3 is 1. The third kappa shape index (κ3) is 3.30. The molecule has 140 valence electrons. The SMILES string of the molecule is COc1ccccc1C(=O)[C@@H](C#N)C(=O)c1cnn(-c2ccccc2C)c1C. The summed E-state index contributed by atoms with van der Waals surface area (Å²) in [4.78, 5) is 25.9. The zero-order valence-electron chi connectivity index (χ0n) is 15.8. The van der Waals surface area contributed by atoms with Crippen LogP contribution in [0.4, 0.5) is 0 Å². The second kappa shape index (κ2) is 7.89. The number of carbonyl (C=O) groups excluding carboxylic acids is 2. The minimum absolute atomic E-state index is 0.203. The van der Waals surface area contributed by atoms with Gasteiger partial charge in [0.1, 0.15) is 5.75 Å². The van der Waals surface area contributed by atoms with Crippen LogP contribution in [0.5, 0.6) is 5.75 Å². The van der Waals surface area contributed by atoms with Crippen molar-refractivity contribution in [2.45, 2.75) is 13.8 Å². The fraction of sp³-hybridized carbons (Fsp3) is 0.182. The van der Waals surface area contributed by atoms with Crippen LogP contribution in [0, 0.1) is 31.1 Å². The van der Waals surface area contributed by atoms with Gasteiger partial charge in [-0.3, -0.25) is 9.59 Å². The highest BCUT2D eigenvalue weighted by Crippen LogP contribution is 2.25. The van der Waals surface area contributed by atoms with Crippen LogP contribution in [0.25, 0.3) is 5.69 Å². The number of carbonyl (C=O) groups is 2. The summed E-state index contributed by atoms with van der Waals surface area (Å²) in [7, 11) is 1.44. The van der Waals surface area contributed by atoms with Gasteiger partial charge in [-0.15, -0.1) is 0 Å². The number of ketones is 2. The highest BCUT2D eigenvalue weighted by atomic mass is 16.5. The lowest BCUT2D eigenvalue weighted by molar-refractivity contribution is 0.0844. The van der Waals surface area contributed by atoms with Gasteiger partial charge in [0.05, 0.1) is 41.9 Å². The van der Waals surface area contributed by atoms with Gasteiger partial charge in [0.2, 0.25) is 0 Å². The van der Waals surface area contributed by atoms with Crippen molar-refractivity contribution in [2.75, 3.05) is 7.11 Å². The Bertz CT molecular complexity index is 1090. The van der Waals surface area contributed by atoms with E-state index in [1.165, 1.54) is 13.3 Å². The van der Waals surface area contributed by atoms with E-state index in [2.05, 4.69) is 5.10 Å². The highest BCUT2D eigenvalue weighted by molar-refractivity contribution is 6.19. The molecule has 1 atom stereocenters. The van der Waals surface area contributed by atoms with Gasteiger partial charge in [0.15, 0.2) is 17.5 Å². The molecule has 3 rings (SSSR count). The Morgan fingerprint density at radius 3 is 2.36 bits per heavy atom. The van der Waals surface area contributed by atoms with Crippen LogP contribution in [0.2, 0.25) is 0 Å². The van der Waals surface area contributed by atoms with Crippen LogP contribution < -0.4 is 4.74 Å². The number of para-hydroxylation sites is 2. The lowest BCUT2D eigenvalue weighted by atomic mass is 9.91. The molecule has 28 heavy (non-hydrogen) atoms. The maximum Gasteiger partial charge on any atom is 0.191 e. The van der Waals surface area contributed by atoms with Gasteiger partial charge in [-0.25, -0.2) is 4.68 Å². The number of rotatable bonds is 6. The molecule has 0 radical (unpaired) electrons. The van der Waals surface area contributed by atoms with Crippen LogP contribution in [-0.4, -0.2) is 28.5 Å². The third-order valence-corrected chi connectivity index (χ3v) is 4.64. The normalized spacial score (nSPS) is 11.5. The lowest BCUT2D eigenvalue weighted by Gasteiger charge is -2.11. The predicted octanol–water partition coefficient (Wildman–Crippen LogP) is 3.70. The minimum Gasteiger partial charge on any atom is -0.496 e. The molecule has 0 fully saturated rings. The van der Waals surface area contributed by atoms with Gasteiger partial charge in [-0.05, 0) is 37.6 Å². The van der Waals surface area contributed by atoms with Crippen molar-refractivity contribution in [1.82, 2.24) is 9.78 Å². The molecule has 0 N–H and O–H groups in total. The lowest BCUT2D eigenvalue weighted by Crippen LogP contribution is -2.24. The summed E-state index contributed by atoms with van der Waals surface area (Å²) in [5, 5.41) is 13.9. The van der Waals surface area contributed by atoms with Crippen molar-refractivity contribution in [2.24, 2.45) is 5.92 Å². The molecule has 0 saturated heterocycles. The zero-order valence-corrected chi connectivity index (χ0v) is 15.8. The number of nitrogens with zero attached hydrogens (tertiary/aromatic N) is 3. The van der Waals surface area contributed by atoms with Gasteiger partial charge in [-0.2, -0.15) is 10.4 Å². The molecule has 0 bridgehead atoms. The summed E-state index contributed by atoms with van der Waals surface area (Å²) in [6.07, 6.45) is 1.41. The van der Waals surface area contributed by atoms with Gasteiger partial charge >= 0.3 is 0 Å². The number of aromatic nitrogens is 2. The molecule has 1 heterocycles. The van der Waals surface area contributed by atoms with Crippen LogP contribution in [0.3, 0.4) is 0 Å². The summed E-state index contributed by atoms with van der Waals surface area (Å²) in [5.74, 6) is -2.30. The van der Waals surface area contributed by atoms with Gasteiger partial charge < -0.3 is 4.74 Å². The van der Waals surface area contributed by atoms with Gasteiger partial charge in [0.25, 0.3) is 0 Å². The Morgan fingerprint density at radius 2 is 1.68 bits per heavy atom. The number of aryl methyl sites for hydroxylation is 1. The van der Waals surface area contributed by atoms with Crippen LogP contribution in [0.1, 0.15) is 32.0 Å². The van der Waals surface area contributed by atoms with Crippen molar-refractivity contribution in [3.05, 3.63) is 77.1 Å². The molecule has 6 nitrogen and oxygen atoms in total. The summed E-state index contributed by atoms with van der Waals surface area (Å²) < 4.78 is 6.83. The van der Waals surface area contributed by atoms with E-state index in [0.717, 1.165) is 11.3 Å². The van der Waals surface area contributed by atoms with Crippen LogP contribution in [-0.2, 0) is 0 Å². The second-order valence-electron chi connectivity index (χ2n) is 6.33. The third-order valence-electron chi connectivity index (χ3n) is 4.64. The molecule has 0 amide bonds. The fourth-order valence-electron chi connectivity index (χ4n) is 3.09. The molecule has 1 aromatic heterocycles. The Labute approximate surface area is 163 Å². The van der Waals surface area contributed by atoms with Crippen molar-refractivity contribution >= 4 is 11.6 Å². The van der Waals surface area contributed by atoms with Crippen molar-refractivity contribution in [3.8, 4) is 17.5 Å². The summed E-state index contributed by atoms with van der Waals surface area (Å²) in [6.45, 7) is 3.69. The Kier molecular flexibility index (Phi) is 5.37. The molecule has 0 aliphatic carbocycles. The van der Waals surface area contributed by atoms with E-state index >= 15 is 0 Å². The van der Waals surface area contributed by atoms with E-state index in [-0.39, 0.29) is 11.1 Å². The molecule has 2 aromatic carbocycles. The Balaban J connectivity index is 1.98. The van der Waals surface area contributed by atoms with E-state index < -0.39 is 17.5 Å². The molecule has 0 aliphatic rings. The standard InChI is InChI=1S/C22H19N3O3/c1-14-8-4-6-10-19(14)25-15(2)18(13-24-25)22(27)17(12-23)21(26)16-9-5-7-11-20(16)28-3/h4-11,13,17H,1-3H3/t17-/m1/s1. The topological polar surface area (TPSA) is 85.0 Å². The molecular formula is C22H19N3O3. The number of hydrogen-bond donors (Lipinski definition) is 0. The first-order valence-electron chi connectivity index (χ1n) is 8.71. The molecule has 6 heteroatoms. The largest absolute Gasteiger partial charge is 0.496 e. The molecule has 0 saturated carbocycles. The maximum absolute atomic E-state index is 13.0. The second-order valence-corrected chi connectivity index (χ2v) is 6.33. The first-order chi connectivity index (χ1) is 13.5. The average molecular weight is 373 g/mol. The number of benzene rings is 2. The molecule has 3 aromatic rings. The number of Topliss-reactive ketones (excluding diaryl/α,β-unsaturated/α-hetero) is 2. The summed E-state index contributed by atoms with van der Waals surface area (Å²) in [5.41, 5.74) is 2.86. The molecule has 0 spiro atoms. The number of nitriles is 1. The number of ether oxygens (including phenoxy) is 1. The van der Waals surface area contributed by atoms with Crippen LogP contribution >= 0.6 is 0 Å². The first kappa shape index (κ1) is 19.1. The first-order valence-corrected chi connectivity index (χ1v) is 8.71. The van der Waals surface area contributed by atoms with Gasteiger partial charge in [-0.1, -0.05) is 30.3 Å². The molecule has 0 aliphatic heterocycles. The fourth-order valence-corrected chi connectivity index (χ4v) is 3.09. The average Bonchev–Trinajstić information content (AvgIpc) is 3.09. The minimum atomic E-state index is -1.47. The summed E-state index contributed by atoms with van der Waals surface area (Å²) >= 11 is 0. The quantitative estimate of drug-likeness (QED) is 0.486.